The lowest BCUT2D eigenvalue weighted by atomic mass is 10.1. The quantitative estimate of drug-likeness (QED) is 0.575. The van der Waals surface area contributed by atoms with Crippen LogP contribution in [0.25, 0.3) is 0 Å². The van der Waals surface area contributed by atoms with Gasteiger partial charge in [0.25, 0.3) is 5.24 Å². The predicted octanol–water partition coefficient (Wildman–Crippen LogP) is 3.31. The summed E-state index contributed by atoms with van der Waals surface area (Å²) < 4.78 is 1.40. The summed E-state index contributed by atoms with van der Waals surface area (Å²) in [5, 5.41) is -0.119. The third-order valence-electron chi connectivity index (χ3n) is 1.97. The minimum atomic E-state index is -0.525. The standard InChI is InChI=1S/C9H5Cl3N2O/c10-8-4-14(12)7-3-5(9(11)15)1-2-6(7)13-8/h1-3H,4H2. The Hall–Kier alpha value is -0.770. The minimum Gasteiger partial charge on any atom is -0.276 e. The number of anilines is 1. The molecule has 2 rings (SSSR count). The van der Waals surface area contributed by atoms with Gasteiger partial charge in [0.15, 0.2) is 0 Å². The van der Waals surface area contributed by atoms with Crippen LogP contribution < -0.4 is 4.42 Å². The number of rotatable bonds is 1. The molecule has 0 saturated heterocycles. The second kappa shape index (κ2) is 4.00. The molecule has 0 aliphatic carbocycles. The van der Waals surface area contributed by atoms with E-state index in [9.17, 15) is 4.79 Å². The molecule has 15 heavy (non-hydrogen) atoms. The van der Waals surface area contributed by atoms with Gasteiger partial charge < -0.3 is 0 Å². The van der Waals surface area contributed by atoms with E-state index in [-0.39, 0.29) is 0 Å². The van der Waals surface area contributed by atoms with Crippen LogP contribution in [-0.2, 0) is 0 Å². The average Bonchev–Trinajstić information content (AvgIpc) is 2.16. The van der Waals surface area contributed by atoms with Gasteiger partial charge in [-0.2, -0.15) is 0 Å². The van der Waals surface area contributed by atoms with Gasteiger partial charge in [0.2, 0.25) is 0 Å². The van der Waals surface area contributed by atoms with Crippen molar-refractivity contribution in [2.75, 3.05) is 11.0 Å². The fraction of sp³-hybridized carbons (Fsp3) is 0.111. The fourth-order valence-electron chi connectivity index (χ4n) is 1.30. The van der Waals surface area contributed by atoms with E-state index in [0.717, 1.165) is 0 Å². The number of aliphatic imine (C=N–C) groups is 1. The van der Waals surface area contributed by atoms with Crippen LogP contribution in [0.5, 0.6) is 0 Å². The Labute approximate surface area is 101 Å². The Morgan fingerprint density at radius 1 is 1.47 bits per heavy atom. The van der Waals surface area contributed by atoms with Gasteiger partial charge in [0.05, 0.1) is 17.9 Å². The van der Waals surface area contributed by atoms with Crippen molar-refractivity contribution < 1.29 is 4.79 Å². The minimum absolute atomic E-state index is 0.316. The number of halogens is 3. The van der Waals surface area contributed by atoms with Gasteiger partial charge in [-0.1, -0.05) is 11.6 Å². The summed E-state index contributed by atoms with van der Waals surface area (Å²) in [7, 11) is 0. The monoisotopic (exact) mass is 262 g/mol. The highest BCUT2D eigenvalue weighted by Gasteiger charge is 2.18. The Balaban J connectivity index is 2.53. The smallest absolute Gasteiger partial charge is 0.252 e. The summed E-state index contributed by atoms with van der Waals surface area (Å²) in [5.41, 5.74) is 1.64. The van der Waals surface area contributed by atoms with E-state index >= 15 is 0 Å². The molecule has 0 saturated carbocycles. The van der Waals surface area contributed by atoms with Crippen LogP contribution in [0.15, 0.2) is 23.2 Å². The van der Waals surface area contributed by atoms with Gasteiger partial charge in [-0.3, -0.25) is 9.21 Å². The molecule has 3 nitrogen and oxygen atoms in total. The first-order valence-electron chi connectivity index (χ1n) is 4.08. The summed E-state index contributed by atoms with van der Waals surface area (Å²) >= 11 is 17.1. The predicted molar refractivity (Wildman–Crippen MR) is 62.8 cm³/mol. The number of hydrogen-bond donors (Lipinski definition) is 0. The highest BCUT2D eigenvalue weighted by molar-refractivity contribution is 6.68. The molecular weight excluding hydrogens is 258 g/mol. The van der Waals surface area contributed by atoms with Gasteiger partial charge >= 0.3 is 0 Å². The average molecular weight is 264 g/mol. The second-order valence-corrected chi connectivity index (χ2v) is 4.17. The maximum atomic E-state index is 10.9. The maximum absolute atomic E-state index is 10.9. The molecule has 1 aliphatic rings. The molecule has 1 aromatic carbocycles. The summed E-state index contributed by atoms with van der Waals surface area (Å²) in [6.45, 7) is 0.316. The third kappa shape index (κ3) is 2.09. The summed E-state index contributed by atoms with van der Waals surface area (Å²) in [6.07, 6.45) is 0. The van der Waals surface area contributed by atoms with Crippen molar-refractivity contribution in [3.63, 3.8) is 0 Å². The van der Waals surface area contributed by atoms with E-state index in [1.165, 1.54) is 4.42 Å². The van der Waals surface area contributed by atoms with E-state index in [2.05, 4.69) is 4.99 Å². The largest absolute Gasteiger partial charge is 0.276 e. The van der Waals surface area contributed by atoms with Crippen LogP contribution in [0.3, 0.4) is 0 Å². The molecular formula is C9H5Cl3N2O. The lowest BCUT2D eigenvalue weighted by molar-refractivity contribution is 0.108. The topological polar surface area (TPSA) is 32.7 Å². The van der Waals surface area contributed by atoms with Crippen LogP contribution >= 0.6 is 35.0 Å². The van der Waals surface area contributed by atoms with E-state index in [0.29, 0.717) is 28.7 Å². The highest BCUT2D eigenvalue weighted by Crippen LogP contribution is 2.35. The molecule has 0 unspecified atom stereocenters. The molecule has 0 atom stereocenters. The van der Waals surface area contributed by atoms with Crippen molar-refractivity contribution in [2.24, 2.45) is 4.99 Å². The first-order chi connectivity index (χ1) is 7.08. The van der Waals surface area contributed by atoms with Crippen LogP contribution in [0.4, 0.5) is 11.4 Å². The zero-order chi connectivity index (χ0) is 11.0. The Morgan fingerprint density at radius 3 is 2.87 bits per heavy atom. The van der Waals surface area contributed by atoms with E-state index < -0.39 is 5.24 Å². The van der Waals surface area contributed by atoms with Gasteiger partial charge in [0, 0.05) is 17.3 Å². The SMILES string of the molecule is O=C(Cl)c1ccc2c(c1)N(Cl)CC(Cl)=N2. The van der Waals surface area contributed by atoms with E-state index in [1.54, 1.807) is 18.2 Å². The highest BCUT2D eigenvalue weighted by atomic mass is 35.5. The zero-order valence-electron chi connectivity index (χ0n) is 7.38. The molecule has 1 aromatic rings. The second-order valence-electron chi connectivity index (χ2n) is 2.99. The zero-order valence-corrected chi connectivity index (χ0v) is 9.64. The van der Waals surface area contributed by atoms with Crippen molar-refractivity contribution in [2.45, 2.75) is 0 Å². The summed E-state index contributed by atoms with van der Waals surface area (Å²) in [6, 6.07) is 4.82. The first kappa shape index (κ1) is 10.7. The lowest BCUT2D eigenvalue weighted by Crippen LogP contribution is -2.20. The Morgan fingerprint density at radius 2 is 2.20 bits per heavy atom. The van der Waals surface area contributed by atoms with Crippen molar-refractivity contribution >= 4 is 56.8 Å². The summed E-state index contributed by atoms with van der Waals surface area (Å²) in [4.78, 5) is 15.0. The van der Waals surface area contributed by atoms with Gasteiger partial charge in [-0.25, -0.2) is 4.99 Å². The fourth-order valence-corrected chi connectivity index (χ4v) is 1.94. The molecule has 0 N–H and O–H groups in total. The molecule has 1 heterocycles. The lowest BCUT2D eigenvalue weighted by Gasteiger charge is -2.21. The van der Waals surface area contributed by atoms with Crippen molar-refractivity contribution in [1.82, 2.24) is 0 Å². The normalized spacial score (nSPS) is 14.6. The Bertz CT molecular complexity index is 459. The van der Waals surface area contributed by atoms with Crippen molar-refractivity contribution in [3.05, 3.63) is 23.8 Å². The number of carbonyl (C=O) groups is 1. The first-order valence-corrected chi connectivity index (χ1v) is 5.17. The Kier molecular flexibility index (Phi) is 2.87. The molecule has 0 amide bonds. The van der Waals surface area contributed by atoms with E-state index in [1.807, 2.05) is 0 Å². The third-order valence-corrected chi connectivity index (χ3v) is 2.70. The van der Waals surface area contributed by atoms with Gasteiger partial charge in [-0.05, 0) is 29.8 Å². The van der Waals surface area contributed by atoms with Crippen molar-refractivity contribution in [1.29, 1.82) is 0 Å². The molecule has 6 heteroatoms. The molecule has 0 fully saturated rings. The molecule has 0 spiro atoms. The number of carbonyl (C=O) groups excluding carboxylic acids is 1. The number of benzene rings is 1. The van der Waals surface area contributed by atoms with Crippen molar-refractivity contribution in [3.8, 4) is 0 Å². The van der Waals surface area contributed by atoms with Crippen LogP contribution in [-0.4, -0.2) is 17.0 Å². The molecule has 0 bridgehead atoms. The number of fused-ring (bicyclic) bond motifs is 1. The molecule has 78 valence electrons. The van der Waals surface area contributed by atoms with Crippen LogP contribution in [0.2, 0.25) is 0 Å². The van der Waals surface area contributed by atoms with Gasteiger partial charge in [-0.15, -0.1) is 0 Å². The number of hydrogen-bond acceptors (Lipinski definition) is 3. The van der Waals surface area contributed by atoms with Crippen LogP contribution in [0.1, 0.15) is 10.4 Å². The molecule has 0 radical (unpaired) electrons. The molecule has 0 aromatic heterocycles. The number of nitrogens with zero attached hydrogens (tertiary/aromatic N) is 2. The summed E-state index contributed by atoms with van der Waals surface area (Å²) in [5.74, 6) is 0. The van der Waals surface area contributed by atoms with Gasteiger partial charge in [0.1, 0.15) is 5.17 Å². The molecule has 1 aliphatic heterocycles. The van der Waals surface area contributed by atoms with E-state index in [4.69, 9.17) is 35.0 Å². The van der Waals surface area contributed by atoms with Crippen LogP contribution in [0, 0.1) is 0 Å². The maximum Gasteiger partial charge on any atom is 0.252 e.